The molecule has 0 radical (unpaired) electrons. The minimum atomic E-state index is -0.632. The molecule has 106 valence electrons. The van der Waals surface area contributed by atoms with E-state index in [2.05, 4.69) is 10.2 Å². The molecule has 1 aliphatic heterocycles. The Bertz CT molecular complexity index is 265. The molecule has 1 atom stereocenters. The van der Waals surface area contributed by atoms with E-state index in [1.165, 1.54) is 0 Å². The van der Waals surface area contributed by atoms with Crippen LogP contribution in [0.1, 0.15) is 33.6 Å². The molecule has 1 unspecified atom stereocenters. The fourth-order valence-electron chi connectivity index (χ4n) is 2.53. The average Bonchev–Trinajstić information content (AvgIpc) is 2.32. The molecular weight excluding hydrogens is 230 g/mol. The molecule has 1 aliphatic rings. The van der Waals surface area contributed by atoms with Crippen LogP contribution in [0.2, 0.25) is 0 Å². The quantitative estimate of drug-likeness (QED) is 0.690. The van der Waals surface area contributed by atoms with Crippen molar-refractivity contribution in [1.29, 1.82) is 0 Å². The van der Waals surface area contributed by atoms with Crippen molar-refractivity contribution in [1.82, 2.24) is 10.2 Å². The predicted octanol–water partition coefficient (Wildman–Crippen LogP) is 0.341. The van der Waals surface area contributed by atoms with Crippen LogP contribution in [0.4, 0.5) is 0 Å². The average molecular weight is 257 g/mol. The van der Waals surface area contributed by atoms with Crippen LogP contribution in [-0.4, -0.2) is 55.2 Å². The largest absolute Gasteiger partial charge is 0.378 e. The normalized spacial score (nSPS) is 21.7. The fraction of sp³-hybridized carbons (Fsp3) is 0.923. The van der Waals surface area contributed by atoms with Crippen LogP contribution in [0, 0.1) is 0 Å². The lowest BCUT2D eigenvalue weighted by Crippen LogP contribution is -2.60. The summed E-state index contributed by atoms with van der Waals surface area (Å²) in [5.74, 6) is -0.281. The monoisotopic (exact) mass is 257 g/mol. The summed E-state index contributed by atoms with van der Waals surface area (Å²) in [7, 11) is 0. The van der Waals surface area contributed by atoms with E-state index in [9.17, 15) is 4.79 Å². The van der Waals surface area contributed by atoms with Gasteiger partial charge in [0.05, 0.1) is 6.10 Å². The topological polar surface area (TPSA) is 67.6 Å². The fourth-order valence-corrected chi connectivity index (χ4v) is 2.53. The number of primary amides is 1. The smallest absolute Gasteiger partial charge is 0.238 e. The van der Waals surface area contributed by atoms with Gasteiger partial charge in [0.15, 0.2) is 0 Å². The highest BCUT2D eigenvalue weighted by molar-refractivity contribution is 5.84. The number of likely N-dealkylation sites (N-methyl/N-ethyl adjacent to an activating group) is 1. The molecule has 1 fully saturated rings. The van der Waals surface area contributed by atoms with Gasteiger partial charge in [0.1, 0.15) is 5.54 Å². The summed E-state index contributed by atoms with van der Waals surface area (Å²) < 4.78 is 5.62. The number of hydrogen-bond donors (Lipinski definition) is 2. The van der Waals surface area contributed by atoms with Crippen molar-refractivity contribution in [2.75, 3.05) is 32.8 Å². The van der Waals surface area contributed by atoms with Crippen LogP contribution < -0.4 is 11.1 Å². The Hall–Kier alpha value is -0.650. The molecule has 1 rings (SSSR count). The molecule has 0 aromatic carbocycles. The summed E-state index contributed by atoms with van der Waals surface area (Å²) in [6, 6.07) is 0. The van der Waals surface area contributed by atoms with Gasteiger partial charge in [0.2, 0.25) is 5.91 Å². The van der Waals surface area contributed by atoms with E-state index >= 15 is 0 Å². The van der Waals surface area contributed by atoms with E-state index in [0.29, 0.717) is 12.6 Å². The first-order valence-electron chi connectivity index (χ1n) is 6.90. The number of rotatable bonds is 7. The van der Waals surface area contributed by atoms with Gasteiger partial charge in [-0.05, 0) is 33.2 Å². The number of nitrogens with zero attached hydrogens (tertiary/aromatic N) is 1. The van der Waals surface area contributed by atoms with E-state index in [0.717, 1.165) is 39.1 Å². The molecule has 0 bridgehead atoms. The van der Waals surface area contributed by atoms with Crippen LogP contribution in [0.25, 0.3) is 0 Å². The predicted molar refractivity (Wildman–Crippen MR) is 72.4 cm³/mol. The molecular formula is C13H27N3O2. The van der Waals surface area contributed by atoms with Crippen molar-refractivity contribution in [2.45, 2.75) is 45.3 Å². The molecule has 18 heavy (non-hydrogen) atoms. The molecule has 1 saturated heterocycles. The molecule has 5 nitrogen and oxygen atoms in total. The summed E-state index contributed by atoms with van der Waals surface area (Å²) in [5.41, 5.74) is 4.86. The van der Waals surface area contributed by atoms with E-state index in [-0.39, 0.29) is 5.91 Å². The van der Waals surface area contributed by atoms with Gasteiger partial charge < -0.3 is 20.7 Å². The highest BCUT2D eigenvalue weighted by Crippen LogP contribution is 2.16. The van der Waals surface area contributed by atoms with Crippen molar-refractivity contribution in [3.8, 4) is 0 Å². The maximum absolute atomic E-state index is 11.6. The first-order valence-corrected chi connectivity index (χ1v) is 6.90. The summed E-state index contributed by atoms with van der Waals surface area (Å²) in [5, 5.41) is 3.19. The number of nitrogens with two attached hydrogens (primary N) is 1. The van der Waals surface area contributed by atoms with Gasteiger partial charge in [-0.2, -0.15) is 0 Å². The SMILES string of the molecule is CCNC(C)(CN1CCC(OCC)CC1)C(N)=O. The van der Waals surface area contributed by atoms with Gasteiger partial charge >= 0.3 is 0 Å². The van der Waals surface area contributed by atoms with Crippen molar-refractivity contribution in [2.24, 2.45) is 5.73 Å². The molecule has 0 aliphatic carbocycles. The van der Waals surface area contributed by atoms with E-state index in [4.69, 9.17) is 10.5 Å². The van der Waals surface area contributed by atoms with Gasteiger partial charge in [-0.25, -0.2) is 0 Å². The summed E-state index contributed by atoms with van der Waals surface area (Å²) in [6.45, 7) is 10.0. The number of ether oxygens (including phenoxy) is 1. The lowest BCUT2D eigenvalue weighted by molar-refractivity contribution is -0.124. The molecule has 1 amide bonds. The number of hydrogen-bond acceptors (Lipinski definition) is 4. The molecule has 1 heterocycles. The lowest BCUT2D eigenvalue weighted by atomic mass is 9.98. The van der Waals surface area contributed by atoms with E-state index in [1.807, 2.05) is 20.8 Å². The van der Waals surface area contributed by atoms with Crippen molar-refractivity contribution in [3.63, 3.8) is 0 Å². The zero-order valence-electron chi connectivity index (χ0n) is 11.9. The minimum Gasteiger partial charge on any atom is -0.378 e. The highest BCUT2D eigenvalue weighted by atomic mass is 16.5. The van der Waals surface area contributed by atoms with E-state index in [1.54, 1.807) is 0 Å². The maximum atomic E-state index is 11.6. The Morgan fingerprint density at radius 1 is 1.44 bits per heavy atom. The van der Waals surface area contributed by atoms with Crippen LogP contribution in [0.3, 0.4) is 0 Å². The Morgan fingerprint density at radius 2 is 2.06 bits per heavy atom. The highest BCUT2D eigenvalue weighted by Gasteiger charge is 2.33. The second kappa shape index (κ2) is 7.07. The zero-order chi connectivity index (χ0) is 13.6. The Labute approximate surface area is 110 Å². The van der Waals surface area contributed by atoms with Gasteiger partial charge in [-0.3, -0.25) is 4.79 Å². The van der Waals surface area contributed by atoms with Crippen molar-refractivity contribution in [3.05, 3.63) is 0 Å². The lowest BCUT2D eigenvalue weighted by Gasteiger charge is -2.37. The Kier molecular flexibility index (Phi) is 6.05. The minimum absolute atomic E-state index is 0.281. The first-order chi connectivity index (χ1) is 8.51. The summed E-state index contributed by atoms with van der Waals surface area (Å²) in [6.07, 6.45) is 2.45. The van der Waals surface area contributed by atoms with Gasteiger partial charge in [0, 0.05) is 26.2 Å². The van der Waals surface area contributed by atoms with Gasteiger partial charge in [0.25, 0.3) is 0 Å². The molecule has 0 aromatic heterocycles. The third-order valence-electron chi connectivity index (χ3n) is 3.59. The van der Waals surface area contributed by atoms with Crippen LogP contribution in [0.15, 0.2) is 0 Å². The third kappa shape index (κ3) is 4.23. The number of nitrogens with one attached hydrogen (secondary N) is 1. The van der Waals surface area contributed by atoms with Crippen LogP contribution >= 0.6 is 0 Å². The van der Waals surface area contributed by atoms with Crippen LogP contribution in [0.5, 0.6) is 0 Å². The maximum Gasteiger partial charge on any atom is 0.238 e. The summed E-state index contributed by atoms with van der Waals surface area (Å²) in [4.78, 5) is 13.9. The summed E-state index contributed by atoms with van der Waals surface area (Å²) >= 11 is 0. The third-order valence-corrected chi connectivity index (χ3v) is 3.59. The number of carbonyl (C=O) groups excluding carboxylic acids is 1. The van der Waals surface area contributed by atoms with Gasteiger partial charge in [-0.1, -0.05) is 6.92 Å². The van der Waals surface area contributed by atoms with E-state index < -0.39 is 5.54 Å². The number of likely N-dealkylation sites (tertiary alicyclic amines) is 1. The molecule has 0 saturated carbocycles. The number of amides is 1. The second-order valence-corrected chi connectivity index (χ2v) is 5.16. The first kappa shape index (κ1) is 15.4. The molecule has 5 heteroatoms. The van der Waals surface area contributed by atoms with Crippen molar-refractivity contribution >= 4 is 5.91 Å². The Balaban J connectivity index is 2.45. The van der Waals surface area contributed by atoms with Crippen molar-refractivity contribution < 1.29 is 9.53 Å². The zero-order valence-corrected chi connectivity index (χ0v) is 11.9. The standard InChI is InChI=1S/C13H27N3O2/c1-4-15-13(3,12(14)17)10-16-8-6-11(7-9-16)18-5-2/h11,15H,4-10H2,1-3H3,(H2,14,17). The molecule has 0 spiro atoms. The number of carbonyl (C=O) groups is 1. The van der Waals surface area contributed by atoms with Crippen LogP contribution in [-0.2, 0) is 9.53 Å². The molecule has 3 N–H and O–H groups in total. The molecule has 0 aromatic rings. The second-order valence-electron chi connectivity index (χ2n) is 5.16. The Morgan fingerprint density at radius 3 is 2.50 bits per heavy atom. The number of piperidine rings is 1. The van der Waals surface area contributed by atoms with Gasteiger partial charge in [-0.15, -0.1) is 0 Å².